The van der Waals surface area contributed by atoms with Crippen molar-refractivity contribution in [1.29, 1.82) is 0 Å². The highest BCUT2D eigenvalue weighted by Gasteiger charge is 2.20. The Bertz CT molecular complexity index is 496. The Kier molecular flexibility index (Phi) is 5.22. The lowest BCUT2D eigenvalue weighted by Crippen LogP contribution is -2.06. The number of nitrogens with zero attached hydrogens (tertiary/aromatic N) is 1. The van der Waals surface area contributed by atoms with Crippen LogP contribution in [-0.4, -0.2) is 21.2 Å². The molecule has 1 unspecified atom stereocenters. The third-order valence-corrected chi connectivity index (χ3v) is 3.42. The van der Waals surface area contributed by atoms with Gasteiger partial charge in [0, 0.05) is 27.8 Å². The second kappa shape index (κ2) is 6.46. The number of thioether (sulfide) groups is 1. The zero-order chi connectivity index (χ0) is 14.6. The SMILES string of the molecule is CC(CC(=O)O)Sc1ccc([N+](=O)[O-])cc1C(F)F. The van der Waals surface area contributed by atoms with Crippen LogP contribution in [0.2, 0.25) is 0 Å². The molecule has 0 spiro atoms. The minimum Gasteiger partial charge on any atom is -0.481 e. The molecule has 0 saturated carbocycles. The third kappa shape index (κ3) is 4.47. The van der Waals surface area contributed by atoms with Crippen LogP contribution in [0.5, 0.6) is 0 Å². The molecule has 0 aliphatic carbocycles. The number of aliphatic carboxylic acids is 1. The number of carboxylic acids is 1. The highest BCUT2D eigenvalue weighted by molar-refractivity contribution is 8.00. The van der Waals surface area contributed by atoms with Gasteiger partial charge in [0.2, 0.25) is 0 Å². The largest absolute Gasteiger partial charge is 0.481 e. The van der Waals surface area contributed by atoms with Crippen molar-refractivity contribution in [2.24, 2.45) is 0 Å². The summed E-state index contributed by atoms with van der Waals surface area (Å²) in [6.07, 6.45) is -3.02. The molecule has 1 N–H and O–H groups in total. The van der Waals surface area contributed by atoms with E-state index < -0.39 is 33.8 Å². The molecule has 0 saturated heterocycles. The second-order valence-corrected chi connectivity index (χ2v) is 5.29. The number of benzene rings is 1. The molecule has 0 aromatic heterocycles. The summed E-state index contributed by atoms with van der Waals surface area (Å²) in [7, 11) is 0. The lowest BCUT2D eigenvalue weighted by molar-refractivity contribution is -0.385. The fourth-order valence-electron chi connectivity index (χ4n) is 1.43. The van der Waals surface area contributed by atoms with E-state index in [-0.39, 0.29) is 11.3 Å². The average molecular weight is 291 g/mol. The van der Waals surface area contributed by atoms with Gasteiger partial charge in [-0.05, 0) is 6.07 Å². The quantitative estimate of drug-likeness (QED) is 0.493. The van der Waals surface area contributed by atoms with Gasteiger partial charge in [0.25, 0.3) is 12.1 Å². The summed E-state index contributed by atoms with van der Waals surface area (Å²) in [6, 6.07) is 3.17. The topological polar surface area (TPSA) is 80.4 Å². The average Bonchev–Trinajstić information content (AvgIpc) is 2.27. The highest BCUT2D eigenvalue weighted by atomic mass is 32.2. The first-order valence-electron chi connectivity index (χ1n) is 5.26. The smallest absolute Gasteiger partial charge is 0.304 e. The minimum absolute atomic E-state index is 0.161. The summed E-state index contributed by atoms with van der Waals surface area (Å²) in [5, 5.41) is 18.7. The second-order valence-electron chi connectivity index (χ2n) is 3.81. The molecule has 0 aliphatic heterocycles. The van der Waals surface area contributed by atoms with E-state index in [1.54, 1.807) is 6.92 Å². The van der Waals surface area contributed by atoms with Crippen molar-refractivity contribution in [1.82, 2.24) is 0 Å². The number of hydrogen-bond donors (Lipinski definition) is 1. The van der Waals surface area contributed by atoms with Crippen molar-refractivity contribution < 1.29 is 23.6 Å². The van der Waals surface area contributed by atoms with Crippen molar-refractivity contribution in [3.63, 3.8) is 0 Å². The number of rotatable bonds is 6. The lowest BCUT2D eigenvalue weighted by atomic mass is 10.2. The van der Waals surface area contributed by atoms with E-state index in [1.807, 2.05) is 0 Å². The van der Waals surface area contributed by atoms with Gasteiger partial charge in [-0.15, -0.1) is 11.8 Å². The van der Waals surface area contributed by atoms with Crippen LogP contribution in [0.25, 0.3) is 0 Å². The maximum atomic E-state index is 12.8. The minimum atomic E-state index is -2.85. The highest BCUT2D eigenvalue weighted by Crippen LogP contribution is 2.36. The Morgan fingerprint density at radius 3 is 2.63 bits per heavy atom. The maximum Gasteiger partial charge on any atom is 0.304 e. The van der Waals surface area contributed by atoms with Gasteiger partial charge in [0.05, 0.1) is 11.3 Å². The standard InChI is InChI=1S/C11H11F2NO4S/c1-6(4-10(15)16)19-9-3-2-7(14(17)18)5-8(9)11(12)13/h2-3,5-6,11H,4H2,1H3,(H,15,16). The van der Waals surface area contributed by atoms with Gasteiger partial charge in [-0.25, -0.2) is 8.78 Å². The Labute approximate surface area is 111 Å². The Balaban J connectivity index is 3.00. The van der Waals surface area contributed by atoms with Gasteiger partial charge in [-0.1, -0.05) is 6.92 Å². The van der Waals surface area contributed by atoms with Crippen LogP contribution in [0.1, 0.15) is 25.3 Å². The van der Waals surface area contributed by atoms with Crippen molar-refractivity contribution in [2.45, 2.75) is 29.9 Å². The first-order valence-corrected chi connectivity index (χ1v) is 6.14. The maximum absolute atomic E-state index is 12.8. The van der Waals surface area contributed by atoms with Gasteiger partial charge in [-0.3, -0.25) is 14.9 Å². The summed E-state index contributed by atoms with van der Waals surface area (Å²) < 4.78 is 25.7. The van der Waals surface area contributed by atoms with Crippen LogP contribution in [0.3, 0.4) is 0 Å². The first-order chi connectivity index (χ1) is 8.81. The van der Waals surface area contributed by atoms with Crippen LogP contribution in [0.4, 0.5) is 14.5 Å². The Morgan fingerprint density at radius 2 is 2.16 bits per heavy atom. The monoisotopic (exact) mass is 291 g/mol. The molecule has 0 heterocycles. The molecule has 0 amide bonds. The van der Waals surface area contributed by atoms with Gasteiger partial charge < -0.3 is 5.11 Å². The van der Waals surface area contributed by atoms with Crippen LogP contribution in [-0.2, 0) is 4.79 Å². The number of alkyl halides is 2. The number of carboxylic acid groups (broad SMARTS) is 1. The summed E-state index contributed by atoms with van der Waals surface area (Å²) in [5.74, 6) is -1.03. The molecule has 5 nitrogen and oxygen atoms in total. The predicted octanol–water partition coefficient (Wildman–Crippen LogP) is 3.49. The van der Waals surface area contributed by atoms with E-state index in [0.717, 1.165) is 23.9 Å². The Hall–Kier alpha value is -1.70. The number of carbonyl (C=O) groups is 1. The number of hydrogen-bond acceptors (Lipinski definition) is 4. The van der Waals surface area contributed by atoms with Crippen LogP contribution < -0.4 is 0 Å². The van der Waals surface area contributed by atoms with Crippen LogP contribution >= 0.6 is 11.8 Å². The molecule has 1 aromatic carbocycles. The number of nitro benzene ring substituents is 1. The normalized spacial score (nSPS) is 12.4. The van der Waals surface area contributed by atoms with Crippen molar-refractivity contribution >= 4 is 23.4 Å². The van der Waals surface area contributed by atoms with E-state index in [0.29, 0.717) is 0 Å². The van der Waals surface area contributed by atoms with Crippen molar-refractivity contribution in [3.8, 4) is 0 Å². The molecule has 0 fully saturated rings. The molecule has 19 heavy (non-hydrogen) atoms. The lowest BCUT2D eigenvalue weighted by Gasteiger charge is -2.12. The van der Waals surface area contributed by atoms with Crippen molar-refractivity contribution in [2.75, 3.05) is 0 Å². The number of nitro groups is 1. The molecular formula is C11H11F2NO4S. The molecule has 8 heteroatoms. The number of halogens is 2. The Morgan fingerprint density at radius 1 is 1.53 bits per heavy atom. The van der Waals surface area contributed by atoms with Gasteiger partial charge >= 0.3 is 5.97 Å². The predicted molar refractivity (Wildman–Crippen MR) is 65.6 cm³/mol. The van der Waals surface area contributed by atoms with E-state index in [2.05, 4.69) is 0 Å². The van der Waals surface area contributed by atoms with Crippen molar-refractivity contribution in [3.05, 3.63) is 33.9 Å². The number of non-ortho nitro benzene ring substituents is 1. The molecule has 1 aromatic rings. The summed E-state index contributed by atoms with van der Waals surface area (Å²) in [6.45, 7) is 1.59. The van der Waals surface area contributed by atoms with Gasteiger partial charge in [0.1, 0.15) is 0 Å². The molecule has 1 atom stereocenters. The fourth-order valence-corrected chi connectivity index (χ4v) is 2.52. The molecule has 0 bridgehead atoms. The summed E-state index contributed by atoms with van der Waals surface area (Å²) >= 11 is 0.964. The van der Waals surface area contributed by atoms with E-state index >= 15 is 0 Å². The van der Waals surface area contributed by atoms with Gasteiger partial charge in [0.15, 0.2) is 0 Å². The van der Waals surface area contributed by atoms with Gasteiger partial charge in [-0.2, -0.15) is 0 Å². The molecule has 0 aliphatic rings. The molecule has 0 radical (unpaired) electrons. The van der Waals surface area contributed by atoms with Crippen LogP contribution in [0, 0.1) is 10.1 Å². The first kappa shape index (κ1) is 15.4. The fraction of sp³-hybridized carbons (Fsp3) is 0.364. The van der Waals surface area contributed by atoms with E-state index in [1.165, 1.54) is 6.07 Å². The molecular weight excluding hydrogens is 280 g/mol. The van der Waals surface area contributed by atoms with E-state index in [9.17, 15) is 23.7 Å². The molecule has 104 valence electrons. The zero-order valence-electron chi connectivity index (χ0n) is 9.88. The summed E-state index contributed by atoms with van der Waals surface area (Å²) in [5.41, 5.74) is -0.859. The zero-order valence-corrected chi connectivity index (χ0v) is 10.7. The third-order valence-electron chi connectivity index (χ3n) is 2.23. The van der Waals surface area contributed by atoms with Crippen LogP contribution in [0.15, 0.2) is 23.1 Å². The summed E-state index contributed by atoms with van der Waals surface area (Å²) in [4.78, 5) is 20.5. The van der Waals surface area contributed by atoms with E-state index in [4.69, 9.17) is 5.11 Å². The molecule has 1 rings (SSSR count).